The molecular formula is C12H18FNO3S. The molecule has 2 N–H and O–H groups in total. The van der Waals surface area contributed by atoms with Crippen molar-refractivity contribution < 1.29 is 17.9 Å². The third kappa shape index (κ3) is 5.12. The maximum Gasteiger partial charge on any atom is 0.151 e. The number of halogens is 1. The molecule has 6 heteroatoms. The molecule has 0 bridgehead atoms. The summed E-state index contributed by atoms with van der Waals surface area (Å²) in [5.41, 5.74) is 0.473. The number of hydrogen-bond acceptors (Lipinski definition) is 4. The highest BCUT2D eigenvalue weighted by Gasteiger charge is 2.10. The van der Waals surface area contributed by atoms with E-state index < -0.39 is 21.8 Å². The summed E-state index contributed by atoms with van der Waals surface area (Å²) in [4.78, 5) is 0. The van der Waals surface area contributed by atoms with Gasteiger partial charge in [-0.2, -0.15) is 0 Å². The van der Waals surface area contributed by atoms with E-state index in [4.69, 9.17) is 0 Å². The van der Waals surface area contributed by atoms with E-state index in [1.165, 1.54) is 18.2 Å². The molecule has 0 aliphatic carbocycles. The van der Waals surface area contributed by atoms with Gasteiger partial charge < -0.3 is 10.4 Å². The summed E-state index contributed by atoms with van der Waals surface area (Å²) in [7, 11) is -2.99. The van der Waals surface area contributed by atoms with E-state index in [1.807, 2.05) is 0 Å². The lowest BCUT2D eigenvalue weighted by Crippen LogP contribution is -2.27. The van der Waals surface area contributed by atoms with Crippen LogP contribution in [0.1, 0.15) is 18.6 Å². The highest BCUT2D eigenvalue weighted by atomic mass is 32.2. The summed E-state index contributed by atoms with van der Waals surface area (Å²) in [6.45, 7) is 2.07. The molecule has 0 saturated heterocycles. The molecule has 0 spiro atoms. The topological polar surface area (TPSA) is 66.4 Å². The number of aliphatic hydroxyl groups excluding tert-OH is 1. The van der Waals surface area contributed by atoms with Gasteiger partial charge in [0.05, 0.1) is 11.9 Å². The van der Waals surface area contributed by atoms with Crippen LogP contribution in [0.4, 0.5) is 4.39 Å². The van der Waals surface area contributed by atoms with Gasteiger partial charge in [0.2, 0.25) is 0 Å². The average molecular weight is 275 g/mol. The second kappa shape index (κ2) is 6.82. The first-order valence-electron chi connectivity index (χ1n) is 5.79. The Kier molecular flexibility index (Phi) is 5.71. The van der Waals surface area contributed by atoms with Crippen LogP contribution in [0.15, 0.2) is 24.3 Å². The largest absolute Gasteiger partial charge is 0.387 e. The Labute approximate surface area is 107 Å². The fourth-order valence-electron chi connectivity index (χ4n) is 1.44. The van der Waals surface area contributed by atoms with Crippen LogP contribution in [0.2, 0.25) is 0 Å². The van der Waals surface area contributed by atoms with Gasteiger partial charge in [-0.25, -0.2) is 12.8 Å². The van der Waals surface area contributed by atoms with E-state index in [0.717, 1.165) is 0 Å². The van der Waals surface area contributed by atoms with Crippen molar-refractivity contribution in [1.29, 1.82) is 0 Å². The molecule has 1 aromatic rings. The zero-order valence-corrected chi connectivity index (χ0v) is 11.1. The Hall–Kier alpha value is -0.980. The second-order valence-corrected chi connectivity index (χ2v) is 6.48. The average Bonchev–Trinajstić information content (AvgIpc) is 2.34. The van der Waals surface area contributed by atoms with Crippen molar-refractivity contribution in [2.45, 2.75) is 13.0 Å². The van der Waals surface area contributed by atoms with Crippen molar-refractivity contribution in [3.05, 3.63) is 35.6 Å². The van der Waals surface area contributed by atoms with Gasteiger partial charge in [-0.3, -0.25) is 0 Å². The minimum absolute atomic E-state index is 0.0410. The Morgan fingerprint density at radius 3 is 2.78 bits per heavy atom. The van der Waals surface area contributed by atoms with E-state index in [-0.39, 0.29) is 24.6 Å². The second-order valence-electron chi connectivity index (χ2n) is 4.01. The van der Waals surface area contributed by atoms with Crippen LogP contribution < -0.4 is 5.32 Å². The van der Waals surface area contributed by atoms with E-state index in [2.05, 4.69) is 5.32 Å². The third-order valence-electron chi connectivity index (χ3n) is 2.60. The lowest BCUT2D eigenvalue weighted by atomic mass is 10.1. The first kappa shape index (κ1) is 15.1. The fourth-order valence-corrected chi connectivity index (χ4v) is 2.19. The summed E-state index contributed by atoms with van der Waals surface area (Å²) < 4.78 is 35.3. The molecule has 0 fully saturated rings. The van der Waals surface area contributed by atoms with Crippen LogP contribution in [0, 0.1) is 5.82 Å². The molecule has 4 nitrogen and oxygen atoms in total. The number of nitrogens with one attached hydrogen (secondary N) is 1. The van der Waals surface area contributed by atoms with Crippen molar-refractivity contribution in [3.63, 3.8) is 0 Å². The minimum Gasteiger partial charge on any atom is -0.387 e. The Morgan fingerprint density at radius 1 is 1.44 bits per heavy atom. The maximum absolute atomic E-state index is 12.9. The van der Waals surface area contributed by atoms with E-state index in [0.29, 0.717) is 5.56 Å². The Morgan fingerprint density at radius 2 is 2.17 bits per heavy atom. The van der Waals surface area contributed by atoms with Gasteiger partial charge in [0.15, 0.2) is 9.84 Å². The van der Waals surface area contributed by atoms with Gasteiger partial charge in [0.25, 0.3) is 0 Å². The molecule has 0 radical (unpaired) electrons. The van der Waals surface area contributed by atoms with Crippen LogP contribution in [-0.2, 0) is 9.84 Å². The number of aliphatic hydroxyl groups is 1. The molecule has 0 aromatic heterocycles. The van der Waals surface area contributed by atoms with Gasteiger partial charge in [-0.1, -0.05) is 19.1 Å². The zero-order chi connectivity index (χ0) is 13.6. The monoisotopic (exact) mass is 275 g/mol. The van der Waals surface area contributed by atoms with Gasteiger partial charge in [0.1, 0.15) is 5.82 Å². The van der Waals surface area contributed by atoms with Crippen molar-refractivity contribution in [2.24, 2.45) is 0 Å². The predicted octanol–water partition coefficient (Wildman–Crippen LogP) is 0.883. The molecule has 18 heavy (non-hydrogen) atoms. The SMILES string of the molecule is CCS(=O)(=O)CCNCC(O)c1cccc(F)c1. The molecule has 102 valence electrons. The Bertz CT molecular complexity index is 476. The number of sulfone groups is 1. The Balaban J connectivity index is 2.36. The fraction of sp³-hybridized carbons (Fsp3) is 0.500. The predicted molar refractivity (Wildman–Crippen MR) is 68.6 cm³/mol. The van der Waals surface area contributed by atoms with Crippen molar-refractivity contribution in [2.75, 3.05) is 24.6 Å². The standard InChI is InChI=1S/C12H18FNO3S/c1-2-18(16,17)7-6-14-9-12(15)10-4-3-5-11(13)8-10/h3-5,8,12,14-15H,2,6-7,9H2,1H3. The van der Waals surface area contributed by atoms with Gasteiger partial charge >= 0.3 is 0 Å². The van der Waals surface area contributed by atoms with Crippen LogP contribution in [0.5, 0.6) is 0 Å². The summed E-state index contributed by atoms with van der Waals surface area (Å²) >= 11 is 0. The van der Waals surface area contributed by atoms with Gasteiger partial charge in [-0.15, -0.1) is 0 Å². The van der Waals surface area contributed by atoms with E-state index in [1.54, 1.807) is 13.0 Å². The lowest BCUT2D eigenvalue weighted by Gasteiger charge is -2.12. The smallest absolute Gasteiger partial charge is 0.151 e. The molecule has 0 saturated carbocycles. The zero-order valence-electron chi connectivity index (χ0n) is 10.3. The first-order valence-corrected chi connectivity index (χ1v) is 7.61. The highest BCUT2D eigenvalue weighted by molar-refractivity contribution is 7.91. The van der Waals surface area contributed by atoms with Crippen LogP contribution in [0.25, 0.3) is 0 Å². The van der Waals surface area contributed by atoms with Crippen LogP contribution >= 0.6 is 0 Å². The molecule has 1 atom stereocenters. The quantitative estimate of drug-likeness (QED) is 0.725. The molecule has 1 unspecified atom stereocenters. The molecular weight excluding hydrogens is 257 g/mol. The lowest BCUT2D eigenvalue weighted by molar-refractivity contribution is 0.175. The molecule has 0 aliphatic heterocycles. The van der Waals surface area contributed by atoms with E-state index in [9.17, 15) is 17.9 Å². The summed E-state index contributed by atoms with van der Waals surface area (Å²) in [5.74, 6) is -0.249. The van der Waals surface area contributed by atoms with E-state index >= 15 is 0 Å². The molecule has 1 rings (SSSR count). The van der Waals surface area contributed by atoms with Gasteiger partial charge in [0, 0.05) is 18.8 Å². The van der Waals surface area contributed by atoms with Crippen molar-refractivity contribution in [1.82, 2.24) is 5.32 Å². The highest BCUT2D eigenvalue weighted by Crippen LogP contribution is 2.12. The van der Waals surface area contributed by atoms with Crippen molar-refractivity contribution in [3.8, 4) is 0 Å². The maximum atomic E-state index is 12.9. The number of hydrogen-bond donors (Lipinski definition) is 2. The summed E-state index contributed by atoms with van der Waals surface area (Å²) in [6.07, 6.45) is -0.843. The molecule has 0 aliphatic rings. The summed E-state index contributed by atoms with van der Waals surface area (Å²) in [5, 5.41) is 12.6. The van der Waals surface area contributed by atoms with Gasteiger partial charge in [-0.05, 0) is 17.7 Å². The number of benzene rings is 1. The molecule has 1 aromatic carbocycles. The molecule has 0 amide bonds. The first-order chi connectivity index (χ1) is 8.44. The van der Waals surface area contributed by atoms with Crippen LogP contribution in [-0.4, -0.2) is 38.1 Å². The summed E-state index contributed by atoms with van der Waals surface area (Å²) in [6, 6.07) is 5.71. The third-order valence-corrected chi connectivity index (χ3v) is 4.31. The normalized spacial score (nSPS) is 13.5. The minimum atomic E-state index is -2.99. The van der Waals surface area contributed by atoms with Crippen molar-refractivity contribution >= 4 is 9.84 Å². The molecule has 0 heterocycles. The van der Waals surface area contributed by atoms with Crippen LogP contribution in [0.3, 0.4) is 0 Å². The number of rotatable bonds is 7.